The average Bonchev–Trinajstić information content (AvgIpc) is 2.98. The van der Waals surface area contributed by atoms with E-state index in [0.29, 0.717) is 16.5 Å². The summed E-state index contributed by atoms with van der Waals surface area (Å²) in [5, 5.41) is 15.0. The summed E-state index contributed by atoms with van der Waals surface area (Å²) >= 11 is 9.47. The Bertz CT molecular complexity index is 1090. The number of hydrogen-bond donors (Lipinski definition) is 1. The molecule has 2 aromatic carbocycles. The Labute approximate surface area is 169 Å². The molecule has 2 heterocycles. The first-order valence-electron chi connectivity index (χ1n) is 8.18. The van der Waals surface area contributed by atoms with E-state index in [4.69, 9.17) is 22.1 Å². The third-order valence-corrected chi connectivity index (χ3v) is 5.29. The van der Waals surface area contributed by atoms with Gasteiger partial charge in [0.1, 0.15) is 11.6 Å². The Hall–Kier alpha value is -2.75. The lowest BCUT2D eigenvalue weighted by Crippen LogP contribution is -2.22. The van der Waals surface area contributed by atoms with Crippen molar-refractivity contribution in [3.8, 4) is 17.6 Å². The summed E-state index contributed by atoms with van der Waals surface area (Å²) in [6, 6.07) is 17.3. The molecule has 4 rings (SSSR count). The number of nitriles is 1. The normalized spacial score (nSPS) is 15.9. The summed E-state index contributed by atoms with van der Waals surface area (Å²) in [5.41, 5.74) is 9.81. The van der Waals surface area contributed by atoms with Crippen LogP contribution >= 0.6 is 27.5 Å². The zero-order valence-corrected chi connectivity index (χ0v) is 16.6. The number of nitrogens with two attached hydrogens (primary N) is 1. The molecule has 0 saturated heterocycles. The third-order valence-electron chi connectivity index (χ3n) is 4.51. The second kappa shape index (κ2) is 6.76. The van der Waals surface area contributed by atoms with Crippen molar-refractivity contribution in [2.75, 3.05) is 0 Å². The molecule has 0 fully saturated rings. The van der Waals surface area contributed by atoms with Crippen LogP contribution in [0.3, 0.4) is 0 Å². The number of rotatable bonds is 2. The molecule has 3 aromatic rings. The van der Waals surface area contributed by atoms with Crippen molar-refractivity contribution in [3.05, 3.63) is 86.3 Å². The van der Waals surface area contributed by atoms with E-state index >= 15 is 0 Å². The van der Waals surface area contributed by atoms with Gasteiger partial charge in [-0.25, -0.2) is 4.68 Å². The Kier molecular flexibility index (Phi) is 4.42. The van der Waals surface area contributed by atoms with Crippen molar-refractivity contribution < 1.29 is 4.74 Å². The molecule has 0 aliphatic carbocycles. The van der Waals surface area contributed by atoms with Gasteiger partial charge in [0.15, 0.2) is 0 Å². The Morgan fingerprint density at radius 3 is 2.48 bits per heavy atom. The minimum atomic E-state index is -0.361. The maximum absolute atomic E-state index is 9.69. The number of benzene rings is 2. The molecule has 0 bridgehead atoms. The van der Waals surface area contributed by atoms with Crippen LogP contribution in [0.4, 0.5) is 0 Å². The molecule has 7 heteroatoms. The minimum Gasteiger partial charge on any atom is -0.422 e. The molecule has 134 valence electrons. The number of halogens is 2. The number of fused-ring (bicyclic) bond motifs is 1. The predicted molar refractivity (Wildman–Crippen MR) is 107 cm³/mol. The quantitative estimate of drug-likeness (QED) is 0.619. The van der Waals surface area contributed by atoms with Crippen LogP contribution in [0.1, 0.15) is 22.7 Å². The molecule has 1 atom stereocenters. The highest BCUT2D eigenvalue weighted by Gasteiger charge is 2.36. The number of aryl methyl sites for hydroxylation is 1. The van der Waals surface area contributed by atoms with E-state index in [-0.39, 0.29) is 11.8 Å². The van der Waals surface area contributed by atoms with Crippen LogP contribution < -0.4 is 10.5 Å². The summed E-state index contributed by atoms with van der Waals surface area (Å²) in [4.78, 5) is 0. The van der Waals surface area contributed by atoms with Gasteiger partial charge < -0.3 is 10.5 Å². The van der Waals surface area contributed by atoms with Crippen LogP contribution in [0.25, 0.3) is 5.69 Å². The van der Waals surface area contributed by atoms with Crippen LogP contribution in [-0.4, -0.2) is 9.78 Å². The van der Waals surface area contributed by atoms with E-state index in [9.17, 15) is 5.26 Å². The van der Waals surface area contributed by atoms with Crippen LogP contribution in [-0.2, 0) is 0 Å². The summed E-state index contributed by atoms with van der Waals surface area (Å²) in [6.45, 7) is 1.90. The number of ether oxygens (including phenoxy) is 1. The lowest BCUT2D eigenvalue weighted by Gasteiger charge is -2.25. The first-order chi connectivity index (χ1) is 13.0. The topological polar surface area (TPSA) is 76.9 Å². The molecule has 1 unspecified atom stereocenters. The summed E-state index contributed by atoms with van der Waals surface area (Å²) < 4.78 is 8.52. The Balaban J connectivity index is 1.93. The van der Waals surface area contributed by atoms with Gasteiger partial charge in [-0.3, -0.25) is 0 Å². The maximum atomic E-state index is 9.69. The van der Waals surface area contributed by atoms with Gasteiger partial charge in [0, 0.05) is 9.50 Å². The first-order valence-corrected chi connectivity index (χ1v) is 9.35. The molecule has 0 saturated carbocycles. The minimum absolute atomic E-state index is 0.0863. The highest BCUT2D eigenvalue weighted by atomic mass is 79.9. The second-order valence-corrected chi connectivity index (χ2v) is 7.52. The molecular weight excluding hydrogens is 428 g/mol. The fourth-order valence-corrected chi connectivity index (χ4v) is 3.65. The van der Waals surface area contributed by atoms with Crippen molar-refractivity contribution >= 4 is 27.5 Å². The lowest BCUT2D eigenvalue weighted by molar-refractivity contribution is 0.367. The molecule has 0 radical (unpaired) electrons. The second-order valence-electron chi connectivity index (χ2n) is 6.17. The monoisotopic (exact) mass is 440 g/mol. The van der Waals surface area contributed by atoms with Crippen LogP contribution in [0, 0.1) is 18.3 Å². The molecule has 0 amide bonds. The molecule has 2 N–H and O–H groups in total. The largest absolute Gasteiger partial charge is 0.422 e. The van der Waals surface area contributed by atoms with Gasteiger partial charge in [0.05, 0.1) is 22.9 Å². The van der Waals surface area contributed by atoms with E-state index in [1.807, 2.05) is 43.3 Å². The number of hydrogen-bond acceptors (Lipinski definition) is 4. The fourth-order valence-electron chi connectivity index (χ4n) is 3.26. The molecule has 1 aliphatic heterocycles. The molecule has 27 heavy (non-hydrogen) atoms. The highest BCUT2D eigenvalue weighted by Crippen LogP contribution is 2.44. The van der Waals surface area contributed by atoms with Crippen molar-refractivity contribution in [2.45, 2.75) is 12.8 Å². The molecule has 5 nitrogen and oxygen atoms in total. The van der Waals surface area contributed by atoms with Gasteiger partial charge in [-0.15, -0.1) is 0 Å². The fraction of sp³-hybridized carbons (Fsp3) is 0.100. The lowest BCUT2D eigenvalue weighted by atomic mass is 9.84. The Morgan fingerprint density at radius 2 is 1.85 bits per heavy atom. The predicted octanol–water partition coefficient (Wildman–Crippen LogP) is 4.81. The van der Waals surface area contributed by atoms with E-state index in [0.717, 1.165) is 27.0 Å². The molecule has 0 spiro atoms. The van der Waals surface area contributed by atoms with E-state index < -0.39 is 0 Å². The standard InChI is InChI=1S/C20H14BrClN4O/c1-11-17-18(12-2-6-14(22)7-3-12)16(10-23)19(24)27-20(17)26(25-11)15-8-4-13(21)5-9-15/h2-9,18H,24H2,1H3. The van der Waals surface area contributed by atoms with Crippen molar-refractivity contribution in [2.24, 2.45) is 5.73 Å². The van der Waals surface area contributed by atoms with Crippen LogP contribution in [0.15, 0.2) is 64.5 Å². The van der Waals surface area contributed by atoms with Crippen molar-refractivity contribution in [1.29, 1.82) is 5.26 Å². The van der Waals surface area contributed by atoms with Gasteiger partial charge in [-0.2, -0.15) is 10.4 Å². The number of aromatic nitrogens is 2. The molecular formula is C20H14BrClN4O. The maximum Gasteiger partial charge on any atom is 0.229 e. The van der Waals surface area contributed by atoms with Crippen molar-refractivity contribution in [1.82, 2.24) is 9.78 Å². The van der Waals surface area contributed by atoms with E-state index in [2.05, 4.69) is 27.1 Å². The zero-order valence-electron chi connectivity index (χ0n) is 14.3. The van der Waals surface area contributed by atoms with Crippen LogP contribution in [0.5, 0.6) is 5.88 Å². The smallest absolute Gasteiger partial charge is 0.229 e. The summed E-state index contributed by atoms with van der Waals surface area (Å²) in [7, 11) is 0. The molecule has 1 aliphatic rings. The van der Waals surface area contributed by atoms with E-state index in [1.54, 1.807) is 16.8 Å². The van der Waals surface area contributed by atoms with E-state index in [1.165, 1.54) is 0 Å². The average molecular weight is 442 g/mol. The van der Waals surface area contributed by atoms with Crippen LogP contribution in [0.2, 0.25) is 5.02 Å². The van der Waals surface area contributed by atoms with Gasteiger partial charge in [0.25, 0.3) is 0 Å². The first kappa shape index (κ1) is 17.7. The number of nitrogens with zero attached hydrogens (tertiary/aromatic N) is 3. The van der Waals surface area contributed by atoms with Gasteiger partial charge in [-0.05, 0) is 48.9 Å². The highest BCUT2D eigenvalue weighted by molar-refractivity contribution is 9.10. The van der Waals surface area contributed by atoms with Gasteiger partial charge in [-0.1, -0.05) is 39.7 Å². The summed E-state index contributed by atoms with van der Waals surface area (Å²) in [6.07, 6.45) is 0. The van der Waals surface area contributed by atoms with Gasteiger partial charge >= 0.3 is 0 Å². The molecule has 1 aromatic heterocycles. The van der Waals surface area contributed by atoms with Crippen molar-refractivity contribution in [3.63, 3.8) is 0 Å². The Morgan fingerprint density at radius 1 is 1.19 bits per heavy atom. The number of allylic oxidation sites excluding steroid dienone is 1. The third kappa shape index (κ3) is 2.99. The zero-order chi connectivity index (χ0) is 19.1. The SMILES string of the molecule is Cc1nn(-c2ccc(Br)cc2)c2c1C(c1ccc(Cl)cc1)C(C#N)=C(N)O2. The summed E-state index contributed by atoms with van der Waals surface area (Å²) in [5.74, 6) is 0.245. The van der Waals surface area contributed by atoms with Gasteiger partial charge in [0.2, 0.25) is 11.8 Å².